The number of carbonyl (C=O) groups excluding carboxylic acids is 1. The van der Waals surface area contributed by atoms with Crippen LogP contribution in [0, 0.1) is 0 Å². The van der Waals surface area contributed by atoms with Crippen molar-refractivity contribution in [3.8, 4) is 0 Å². The highest BCUT2D eigenvalue weighted by Gasteiger charge is 2.18. The molecule has 0 aliphatic carbocycles. The van der Waals surface area contributed by atoms with Gasteiger partial charge in [-0.2, -0.15) is 0 Å². The van der Waals surface area contributed by atoms with E-state index in [1.807, 2.05) is 31.2 Å². The largest absolute Gasteiger partial charge is 0.466 e. The summed E-state index contributed by atoms with van der Waals surface area (Å²) in [6.45, 7) is 9.95. The van der Waals surface area contributed by atoms with E-state index in [2.05, 4.69) is 51.2 Å². The summed E-state index contributed by atoms with van der Waals surface area (Å²) >= 11 is 0. The highest BCUT2D eigenvalue weighted by molar-refractivity contribution is 5.70. The van der Waals surface area contributed by atoms with Gasteiger partial charge in [0.2, 0.25) is 0 Å². The van der Waals surface area contributed by atoms with Crippen molar-refractivity contribution in [2.45, 2.75) is 33.1 Å². The molecule has 2 aromatic rings. The fourth-order valence-corrected chi connectivity index (χ4v) is 3.61. The van der Waals surface area contributed by atoms with Crippen molar-refractivity contribution in [2.24, 2.45) is 4.99 Å². The Morgan fingerprint density at radius 1 is 1.25 bits per heavy atom. The van der Waals surface area contributed by atoms with Crippen LogP contribution in [0.2, 0.25) is 0 Å². The van der Waals surface area contributed by atoms with Crippen LogP contribution < -0.4 is 10.2 Å². The molecule has 0 spiro atoms. The van der Waals surface area contributed by atoms with E-state index < -0.39 is 0 Å². The van der Waals surface area contributed by atoms with Gasteiger partial charge in [-0.05, 0) is 50.6 Å². The first-order chi connectivity index (χ1) is 15.6. The van der Waals surface area contributed by atoms with E-state index in [1.54, 1.807) is 6.92 Å². The molecule has 0 bridgehead atoms. The molecule has 2 heterocycles. The Kier molecular flexibility index (Phi) is 8.54. The second-order valence-corrected chi connectivity index (χ2v) is 7.41. The van der Waals surface area contributed by atoms with E-state index in [1.165, 1.54) is 11.1 Å². The van der Waals surface area contributed by atoms with Gasteiger partial charge in [0.1, 0.15) is 17.3 Å². The Hall–Kier alpha value is -3.48. The maximum absolute atomic E-state index is 11.7. The molecule has 0 fully saturated rings. The smallest absolute Gasteiger partial charge is 0.307 e. The average Bonchev–Trinajstić information content (AvgIpc) is 3.02. The van der Waals surface area contributed by atoms with E-state index in [4.69, 9.17) is 9.72 Å². The van der Waals surface area contributed by atoms with E-state index in [9.17, 15) is 4.79 Å². The zero-order valence-corrected chi connectivity index (χ0v) is 18.9. The highest BCUT2D eigenvalue weighted by Crippen LogP contribution is 2.24. The van der Waals surface area contributed by atoms with E-state index >= 15 is 0 Å². The van der Waals surface area contributed by atoms with Crippen LogP contribution in [0.4, 0.5) is 11.6 Å². The monoisotopic (exact) mass is 433 g/mol. The Morgan fingerprint density at radius 3 is 2.59 bits per heavy atom. The van der Waals surface area contributed by atoms with Crippen LogP contribution in [0.1, 0.15) is 37.2 Å². The molecule has 0 saturated heterocycles. The molecule has 7 nitrogen and oxygen atoms in total. The van der Waals surface area contributed by atoms with Gasteiger partial charge in [0.25, 0.3) is 0 Å². The average molecular weight is 434 g/mol. The molecule has 0 saturated carbocycles. The van der Waals surface area contributed by atoms with Crippen LogP contribution in [0.5, 0.6) is 0 Å². The lowest BCUT2D eigenvalue weighted by Gasteiger charge is -2.22. The molecule has 0 radical (unpaired) electrons. The highest BCUT2D eigenvalue weighted by atomic mass is 16.5. The van der Waals surface area contributed by atoms with Crippen molar-refractivity contribution in [3.05, 3.63) is 65.5 Å². The Morgan fingerprint density at radius 2 is 1.97 bits per heavy atom. The number of hydrogen-bond acceptors (Lipinski definition) is 7. The van der Waals surface area contributed by atoms with Crippen molar-refractivity contribution >= 4 is 30.0 Å². The molecular formula is C25H31N5O2. The minimum Gasteiger partial charge on any atom is -0.466 e. The van der Waals surface area contributed by atoms with E-state index in [0.29, 0.717) is 30.5 Å². The second-order valence-electron chi connectivity index (χ2n) is 7.41. The minimum absolute atomic E-state index is 0.235. The molecule has 1 aromatic heterocycles. The predicted octanol–water partition coefficient (Wildman–Crippen LogP) is 4.06. The molecule has 1 aromatic carbocycles. The molecular weight excluding hydrogens is 402 g/mol. The molecule has 168 valence electrons. The maximum atomic E-state index is 11.7. The number of nitrogens with one attached hydrogen (secondary N) is 1. The number of rotatable bonds is 9. The minimum atomic E-state index is -0.235. The Bertz CT molecular complexity index is 973. The maximum Gasteiger partial charge on any atom is 0.307 e. The lowest BCUT2D eigenvalue weighted by molar-refractivity contribution is -0.142. The molecule has 32 heavy (non-hydrogen) atoms. The number of aliphatic imine (C=N–C) groups is 1. The number of benzene rings is 1. The lowest BCUT2D eigenvalue weighted by atomic mass is 10.0. The van der Waals surface area contributed by atoms with E-state index in [0.717, 1.165) is 31.7 Å². The Labute approximate surface area is 189 Å². The van der Waals surface area contributed by atoms with Crippen LogP contribution in [0.15, 0.2) is 53.6 Å². The predicted molar refractivity (Wildman–Crippen MR) is 130 cm³/mol. The summed E-state index contributed by atoms with van der Waals surface area (Å²) in [7, 11) is 0. The standard InChI is InChI=1S/C25H31N5O2/c1-4-6-11-21(26-3)25-28-22(27-15-12-24(31)32-5-2)18-23(29-25)30-16-13-19-9-7-8-10-20(19)14-17-30/h4,6-11,18H,3,5,12-17H2,1-2H3,(H,27,28,29)/b6-4-,21-11-. The fraction of sp³-hybridized carbons (Fsp3) is 0.360. The van der Waals surface area contributed by atoms with Crippen LogP contribution in [-0.2, 0) is 22.4 Å². The normalized spacial score (nSPS) is 14.1. The summed E-state index contributed by atoms with van der Waals surface area (Å²) in [6, 6.07) is 10.5. The first-order valence-corrected chi connectivity index (χ1v) is 11.0. The molecule has 1 N–H and O–H groups in total. The van der Waals surface area contributed by atoms with Crippen molar-refractivity contribution in [3.63, 3.8) is 0 Å². The number of hydrogen-bond donors (Lipinski definition) is 1. The number of esters is 1. The third-order valence-corrected chi connectivity index (χ3v) is 5.24. The third kappa shape index (κ3) is 6.26. The number of ether oxygens (including phenoxy) is 1. The summed E-state index contributed by atoms with van der Waals surface area (Å²) in [5, 5.41) is 3.24. The quantitative estimate of drug-likeness (QED) is 0.365. The second kappa shape index (κ2) is 11.8. The van der Waals surface area contributed by atoms with Gasteiger partial charge in [-0.15, -0.1) is 0 Å². The van der Waals surface area contributed by atoms with Crippen LogP contribution >= 0.6 is 0 Å². The van der Waals surface area contributed by atoms with Crippen molar-refractivity contribution in [2.75, 3.05) is 36.5 Å². The molecule has 0 amide bonds. The van der Waals surface area contributed by atoms with Crippen molar-refractivity contribution in [1.29, 1.82) is 0 Å². The number of fused-ring (bicyclic) bond motifs is 1. The fourth-order valence-electron chi connectivity index (χ4n) is 3.61. The van der Waals surface area contributed by atoms with Crippen LogP contribution in [0.25, 0.3) is 5.70 Å². The van der Waals surface area contributed by atoms with Gasteiger partial charge >= 0.3 is 5.97 Å². The van der Waals surface area contributed by atoms with Gasteiger partial charge in [0.15, 0.2) is 5.82 Å². The number of anilines is 2. The number of aromatic nitrogens is 2. The zero-order valence-electron chi connectivity index (χ0n) is 18.9. The molecule has 0 atom stereocenters. The molecule has 3 rings (SSSR count). The lowest BCUT2D eigenvalue weighted by Crippen LogP contribution is -2.27. The van der Waals surface area contributed by atoms with Crippen LogP contribution in [0.3, 0.4) is 0 Å². The van der Waals surface area contributed by atoms with Gasteiger partial charge in [-0.1, -0.05) is 36.4 Å². The van der Waals surface area contributed by atoms with Crippen molar-refractivity contribution in [1.82, 2.24) is 9.97 Å². The number of nitrogens with zero attached hydrogens (tertiary/aromatic N) is 4. The van der Waals surface area contributed by atoms with Crippen LogP contribution in [-0.4, -0.2) is 48.9 Å². The van der Waals surface area contributed by atoms with Gasteiger partial charge in [0.05, 0.1) is 13.0 Å². The first-order valence-electron chi connectivity index (χ1n) is 11.0. The molecule has 1 aliphatic heterocycles. The third-order valence-electron chi connectivity index (χ3n) is 5.24. The number of carbonyl (C=O) groups is 1. The van der Waals surface area contributed by atoms with E-state index in [-0.39, 0.29) is 12.4 Å². The zero-order chi connectivity index (χ0) is 22.8. The Balaban J connectivity index is 1.86. The van der Waals surface area contributed by atoms with Gasteiger partial charge in [-0.3, -0.25) is 9.79 Å². The van der Waals surface area contributed by atoms with Gasteiger partial charge < -0.3 is 15.0 Å². The first kappa shape index (κ1) is 23.2. The van der Waals surface area contributed by atoms with Crippen molar-refractivity contribution < 1.29 is 9.53 Å². The van der Waals surface area contributed by atoms with Gasteiger partial charge in [-0.25, -0.2) is 9.97 Å². The number of allylic oxidation sites excluding steroid dienone is 3. The molecule has 7 heteroatoms. The van der Waals surface area contributed by atoms with Gasteiger partial charge in [0, 0.05) is 25.7 Å². The summed E-state index contributed by atoms with van der Waals surface area (Å²) in [5.41, 5.74) is 3.37. The molecule has 0 unspecified atom stereocenters. The summed E-state index contributed by atoms with van der Waals surface area (Å²) in [5.74, 6) is 1.74. The summed E-state index contributed by atoms with van der Waals surface area (Å²) < 4.78 is 5.01. The summed E-state index contributed by atoms with van der Waals surface area (Å²) in [4.78, 5) is 27.5. The molecule has 1 aliphatic rings. The SMILES string of the molecule is C=N/C(=C\C=C/C)c1nc(NCCC(=O)OCC)cc(N2CCc3ccccc3CC2)n1. The topological polar surface area (TPSA) is 79.7 Å². The summed E-state index contributed by atoms with van der Waals surface area (Å²) in [6.07, 6.45) is 7.83.